The second-order valence-electron chi connectivity index (χ2n) is 8.39. The van der Waals surface area contributed by atoms with Gasteiger partial charge in [0, 0.05) is 22.6 Å². The van der Waals surface area contributed by atoms with Crippen molar-refractivity contribution in [1.29, 1.82) is 0 Å². The van der Waals surface area contributed by atoms with Crippen LogP contribution in [0.3, 0.4) is 0 Å². The molecule has 0 aromatic heterocycles. The molecule has 7 nitrogen and oxygen atoms in total. The van der Waals surface area contributed by atoms with E-state index in [4.69, 9.17) is 24.6 Å². The molecule has 2 N–H and O–H groups in total. The van der Waals surface area contributed by atoms with Crippen LogP contribution in [0.15, 0.2) is 76.8 Å². The first kappa shape index (κ1) is 27.2. The highest BCUT2D eigenvalue weighted by Gasteiger charge is 2.13. The second kappa shape index (κ2) is 14.3. The van der Waals surface area contributed by atoms with Gasteiger partial charge in [-0.15, -0.1) is 11.8 Å². The standard InChI is InChI=1S/C26H30N2OS.C2H2O4/c1-30-23-15-13-22(14-16-23)26(25-12-8-10-21-9-4-5-11-24(21)25)27-29-20-19-28-17-6-2-3-7-18-28;3-1(4)2(5)6/h4-5,8-16H,2-3,6-7,17-20H2,1H3;(H,3,4)(H,5,6)/b27-26+;. The van der Waals surface area contributed by atoms with Gasteiger partial charge in [-0.3, -0.25) is 4.90 Å². The number of rotatable bonds is 7. The molecule has 190 valence electrons. The number of hydrogen-bond donors (Lipinski definition) is 2. The van der Waals surface area contributed by atoms with E-state index in [1.165, 1.54) is 54.4 Å². The van der Waals surface area contributed by atoms with Crippen molar-refractivity contribution in [2.24, 2.45) is 5.16 Å². The topological polar surface area (TPSA) is 99.4 Å². The van der Waals surface area contributed by atoms with Gasteiger partial charge in [-0.2, -0.15) is 0 Å². The molecule has 0 unspecified atom stereocenters. The van der Waals surface area contributed by atoms with Gasteiger partial charge in [0.15, 0.2) is 0 Å². The molecule has 1 aliphatic rings. The maximum absolute atomic E-state index is 9.10. The Morgan fingerprint density at radius 1 is 0.889 bits per heavy atom. The van der Waals surface area contributed by atoms with Crippen molar-refractivity contribution in [3.05, 3.63) is 77.9 Å². The van der Waals surface area contributed by atoms with Crippen LogP contribution in [-0.2, 0) is 14.4 Å². The minimum absolute atomic E-state index is 0.622. The van der Waals surface area contributed by atoms with Crippen LogP contribution in [0.25, 0.3) is 10.8 Å². The summed E-state index contributed by atoms with van der Waals surface area (Å²) in [5, 5.41) is 21.9. The third-order valence-corrected chi connectivity index (χ3v) is 6.69. The summed E-state index contributed by atoms with van der Waals surface area (Å²) in [5.41, 5.74) is 3.09. The number of oxime groups is 1. The fourth-order valence-electron chi connectivity index (χ4n) is 4.08. The minimum atomic E-state index is -1.82. The maximum Gasteiger partial charge on any atom is 0.414 e. The molecule has 0 spiro atoms. The zero-order valence-corrected chi connectivity index (χ0v) is 21.2. The highest BCUT2D eigenvalue weighted by molar-refractivity contribution is 7.98. The number of carbonyl (C=O) groups is 2. The van der Waals surface area contributed by atoms with Gasteiger partial charge in [0.25, 0.3) is 0 Å². The Morgan fingerprint density at radius 2 is 1.53 bits per heavy atom. The third-order valence-electron chi connectivity index (χ3n) is 5.94. The van der Waals surface area contributed by atoms with Crippen molar-refractivity contribution in [1.82, 2.24) is 4.90 Å². The normalized spacial score (nSPS) is 14.4. The Hall–Kier alpha value is -3.36. The second-order valence-corrected chi connectivity index (χ2v) is 9.27. The van der Waals surface area contributed by atoms with Crippen molar-refractivity contribution < 1.29 is 24.6 Å². The number of aliphatic carboxylic acids is 2. The SMILES string of the molecule is CSc1ccc(/C(=N\OCCN2CCCCCC2)c2cccc3ccccc23)cc1.O=C(O)C(=O)O. The van der Waals surface area contributed by atoms with E-state index in [2.05, 4.69) is 83.0 Å². The fourth-order valence-corrected chi connectivity index (χ4v) is 4.49. The average Bonchev–Trinajstić information content (AvgIpc) is 3.18. The maximum atomic E-state index is 9.10. The lowest BCUT2D eigenvalue weighted by atomic mass is 9.97. The van der Waals surface area contributed by atoms with Gasteiger partial charge in [0.2, 0.25) is 0 Å². The van der Waals surface area contributed by atoms with Crippen molar-refractivity contribution in [2.75, 3.05) is 32.5 Å². The lowest BCUT2D eigenvalue weighted by Gasteiger charge is -2.18. The van der Waals surface area contributed by atoms with E-state index >= 15 is 0 Å². The first-order valence-electron chi connectivity index (χ1n) is 12.0. The third kappa shape index (κ3) is 8.10. The molecule has 1 fully saturated rings. The average molecular weight is 509 g/mol. The fraction of sp³-hybridized carbons (Fsp3) is 0.321. The summed E-state index contributed by atoms with van der Waals surface area (Å²) in [7, 11) is 0. The lowest BCUT2D eigenvalue weighted by Crippen LogP contribution is -2.28. The van der Waals surface area contributed by atoms with Gasteiger partial charge in [-0.25, -0.2) is 9.59 Å². The summed E-state index contributed by atoms with van der Waals surface area (Å²) >= 11 is 1.75. The lowest BCUT2D eigenvalue weighted by molar-refractivity contribution is -0.159. The summed E-state index contributed by atoms with van der Waals surface area (Å²) < 4.78 is 0. The molecular formula is C28H32N2O5S. The zero-order chi connectivity index (χ0) is 25.8. The van der Waals surface area contributed by atoms with Gasteiger partial charge >= 0.3 is 11.9 Å². The predicted octanol–water partition coefficient (Wildman–Crippen LogP) is 5.36. The molecule has 1 heterocycles. The summed E-state index contributed by atoms with van der Waals surface area (Å²) in [6.07, 6.45) is 7.40. The Bertz CT molecular complexity index is 1150. The Labute approximate surface area is 215 Å². The number of carboxylic acids is 2. The Balaban J connectivity index is 0.000000538. The van der Waals surface area contributed by atoms with E-state index in [9.17, 15) is 0 Å². The Morgan fingerprint density at radius 3 is 2.17 bits per heavy atom. The van der Waals surface area contributed by atoms with Crippen molar-refractivity contribution in [3.8, 4) is 0 Å². The predicted molar refractivity (Wildman–Crippen MR) is 144 cm³/mol. The van der Waals surface area contributed by atoms with Crippen LogP contribution < -0.4 is 0 Å². The molecule has 0 aliphatic carbocycles. The molecule has 3 aromatic rings. The van der Waals surface area contributed by atoms with Crippen LogP contribution in [0, 0.1) is 0 Å². The van der Waals surface area contributed by atoms with Crippen LogP contribution in [-0.4, -0.2) is 65.3 Å². The highest BCUT2D eigenvalue weighted by Crippen LogP contribution is 2.24. The molecule has 1 saturated heterocycles. The molecule has 1 aliphatic heterocycles. The first-order chi connectivity index (χ1) is 17.5. The minimum Gasteiger partial charge on any atom is -0.473 e. The van der Waals surface area contributed by atoms with Crippen LogP contribution in [0.2, 0.25) is 0 Å². The monoisotopic (exact) mass is 508 g/mol. The van der Waals surface area contributed by atoms with Gasteiger partial charge in [-0.05, 0) is 55.1 Å². The molecule has 0 radical (unpaired) electrons. The number of fused-ring (bicyclic) bond motifs is 1. The number of thioether (sulfide) groups is 1. The van der Waals surface area contributed by atoms with E-state index in [0.29, 0.717) is 6.61 Å². The molecule has 0 saturated carbocycles. The molecule has 0 amide bonds. The van der Waals surface area contributed by atoms with Crippen LogP contribution in [0.1, 0.15) is 36.8 Å². The van der Waals surface area contributed by atoms with Crippen LogP contribution in [0.5, 0.6) is 0 Å². The van der Waals surface area contributed by atoms with E-state index < -0.39 is 11.9 Å². The first-order valence-corrected chi connectivity index (χ1v) is 13.2. The zero-order valence-electron chi connectivity index (χ0n) is 20.4. The van der Waals surface area contributed by atoms with E-state index in [-0.39, 0.29) is 0 Å². The summed E-state index contributed by atoms with van der Waals surface area (Å²) in [6.45, 7) is 3.92. The Kier molecular flexibility index (Phi) is 10.8. The molecule has 0 bridgehead atoms. The van der Waals surface area contributed by atoms with Crippen LogP contribution in [0.4, 0.5) is 0 Å². The van der Waals surface area contributed by atoms with Crippen molar-refractivity contribution in [2.45, 2.75) is 30.6 Å². The number of likely N-dealkylation sites (tertiary alicyclic amines) is 1. The summed E-state index contributed by atoms with van der Waals surface area (Å²) in [4.78, 5) is 27.8. The molecule has 36 heavy (non-hydrogen) atoms. The molecular weight excluding hydrogens is 476 g/mol. The summed E-state index contributed by atoms with van der Waals surface area (Å²) in [6, 6.07) is 23.4. The number of carboxylic acid groups (broad SMARTS) is 2. The van der Waals surface area contributed by atoms with Crippen molar-refractivity contribution in [3.63, 3.8) is 0 Å². The largest absolute Gasteiger partial charge is 0.473 e. The molecule has 0 atom stereocenters. The van der Waals surface area contributed by atoms with E-state index in [1.807, 2.05) is 0 Å². The van der Waals surface area contributed by atoms with Gasteiger partial charge in [-0.1, -0.05) is 72.6 Å². The number of nitrogens with zero attached hydrogens (tertiary/aromatic N) is 2. The van der Waals surface area contributed by atoms with Gasteiger partial charge < -0.3 is 15.1 Å². The molecule has 3 aromatic carbocycles. The van der Waals surface area contributed by atoms with Crippen LogP contribution >= 0.6 is 11.8 Å². The van der Waals surface area contributed by atoms with Gasteiger partial charge in [0.1, 0.15) is 12.3 Å². The quantitative estimate of drug-likeness (QED) is 0.146. The summed E-state index contributed by atoms with van der Waals surface area (Å²) in [5.74, 6) is -3.65. The molecule has 8 heteroatoms. The highest BCUT2D eigenvalue weighted by atomic mass is 32.2. The van der Waals surface area contributed by atoms with E-state index in [1.54, 1.807) is 11.8 Å². The van der Waals surface area contributed by atoms with Gasteiger partial charge in [0.05, 0.1) is 0 Å². The smallest absolute Gasteiger partial charge is 0.414 e. The number of benzene rings is 3. The number of hydrogen-bond acceptors (Lipinski definition) is 6. The van der Waals surface area contributed by atoms with Crippen molar-refractivity contribution >= 4 is 40.2 Å². The van der Waals surface area contributed by atoms with E-state index in [0.717, 1.165) is 23.4 Å². The molecule has 4 rings (SSSR count).